The minimum absolute atomic E-state index is 0.119. The zero-order valence-corrected chi connectivity index (χ0v) is 10.9. The quantitative estimate of drug-likeness (QED) is 0.328. The summed E-state index contributed by atoms with van der Waals surface area (Å²) < 4.78 is 50.2. The zero-order chi connectivity index (χ0) is 15.7. The number of carbonyl (C=O) groups excluding carboxylic acids is 2. The maximum atomic E-state index is 12.3. The Morgan fingerprint density at radius 2 is 1.81 bits per heavy atom. The summed E-state index contributed by atoms with van der Waals surface area (Å²) >= 11 is 0. The number of ketones is 1. The van der Waals surface area contributed by atoms with E-state index in [1.807, 2.05) is 0 Å². The van der Waals surface area contributed by atoms with Crippen molar-refractivity contribution in [2.75, 3.05) is 13.2 Å². The number of hydrogen-bond acceptors (Lipinski definition) is 6. The van der Waals surface area contributed by atoms with Crippen LogP contribution in [-0.2, 0) is 23.8 Å². The molecular weight excluding hydrogens is 297 g/mol. The Morgan fingerprint density at radius 1 is 1.24 bits per heavy atom. The van der Waals surface area contributed by atoms with E-state index in [0.717, 1.165) is 0 Å². The maximum Gasteiger partial charge on any atom is 0.522 e. The molecule has 1 saturated heterocycles. The van der Waals surface area contributed by atoms with Crippen molar-refractivity contribution >= 4 is 11.7 Å². The third-order valence-electron chi connectivity index (χ3n) is 3.42. The highest BCUT2D eigenvalue weighted by molar-refractivity contribution is 6.09. The highest BCUT2D eigenvalue weighted by atomic mass is 19.4. The standard InChI is InChI=1S/C11H15F3N2O5/c12-11(13,14)21-7-4-6(5-7)8(17)10(9(18)16-15)19-2-1-3-20-10/h6-7H,1-5,15H2,(H,16,18)/t6-,7+. The van der Waals surface area contributed by atoms with Crippen molar-refractivity contribution in [2.24, 2.45) is 11.8 Å². The van der Waals surface area contributed by atoms with Crippen molar-refractivity contribution in [3.8, 4) is 0 Å². The van der Waals surface area contributed by atoms with Gasteiger partial charge in [0.15, 0.2) is 0 Å². The molecule has 0 aromatic heterocycles. The number of Topliss-reactive ketones (excluding diaryl/α,β-unsaturated/α-hetero) is 1. The van der Waals surface area contributed by atoms with E-state index in [-0.39, 0.29) is 26.1 Å². The summed E-state index contributed by atoms with van der Waals surface area (Å²) in [5.74, 6) is 0.352. The van der Waals surface area contributed by atoms with E-state index in [0.29, 0.717) is 6.42 Å². The van der Waals surface area contributed by atoms with Crippen LogP contribution in [0.5, 0.6) is 0 Å². The van der Waals surface area contributed by atoms with E-state index in [1.54, 1.807) is 5.43 Å². The molecule has 120 valence electrons. The van der Waals surface area contributed by atoms with E-state index in [4.69, 9.17) is 15.3 Å². The summed E-state index contributed by atoms with van der Waals surface area (Å²) in [4.78, 5) is 24.1. The number of alkyl halides is 3. The molecule has 0 aromatic rings. The molecule has 21 heavy (non-hydrogen) atoms. The van der Waals surface area contributed by atoms with Gasteiger partial charge in [0, 0.05) is 5.92 Å². The first-order valence-electron chi connectivity index (χ1n) is 6.36. The molecule has 1 saturated carbocycles. The van der Waals surface area contributed by atoms with Crippen LogP contribution in [0.25, 0.3) is 0 Å². The zero-order valence-electron chi connectivity index (χ0n) is 10.9. The van der Waals surface area contributed by atoms with Crippen molar-refractivity contribution < 1.29 is 37.0 Å². The summed E-state index contributed by atoms with van der Waals surface area (Å²) in [5.41, 5.74) is 1.79. The Morgan fingerprint density at radius 3 is 2.29 bits per heavy atom. The summed E-state index contributed by atoms with van der Waals surface area (Å²) in [5, 5.41) is 0. The van der Waals surface area contributed by atoms with Gasteiger partial charge in [0.2, 0.25) is 5.78 Å². The molecule has 0 radical (unpaired) electrons. The molecule has 10 heteroatoms. The van der Waals surface area contributed by atoms with Crippen molar-refractivity contribution in [1.29, 1.82) is 0 Å². The van der Waals surface area contributed by atoms with Crippen LogP contribution < -0.4 is 11.3 Å². The number of hydrazine groups is 1. The number of rotatable bonds is 4. The minimum atomic E-state index is -4.75. The number of hydrogen-bond donors (Lipinski definition) is 2. The first-order valence-corrected chi connectivity index (χ1v) is 6.36. The van der Waals surface area contributed by atoms with Gasteiger partial charge in [-0.15, -0.1) is 13.2 Å². The largest absolute Gasteiger partial charge is 0.522 e. The molecule has 0 aromatic carbocycles. The molecule has 0 bridgehead atoms. The molecule has 2 fully saturated rings. The normalized spacial score (nSPS) is 28.6. The lowest BCUT2D eigenvalue weighted by Crippen LogP contribution is -2.63. The van der Waals surface area contributed by atoms with Gasteiger partial charge in [-0.2, -0.15) is 0 Å². The number of carbonyl (C=O) groups is 2. The number of ether oxygens (including phenoxy) is 3. The topological polar surface area (TPSA) is 99.9 Å². The van der Waals surface area contributed by atoms with Crippen LogP contribution in [0.1, 0.15) is 19.3 Å². The molecule has 1 amide bonds. The van der Waals surface area contributed by atoms with Crippen LogP contribution in [0.15, 0.2) is 0 Å². The van der Waals surface area contributed by atoms with Gasteiger partial charge in [-0.1, -0.05) is 0 Å². The second kappa shape index (κ2) is 5.87. The molecule has 2 rings (SSSR count). The van der Waals surface area contributed by atoms with E-state index in [9.17, 15) is 22.8 Å². The fraction of sp³-hybridized carbons (Fsp3) is 0.818. The summed E-state index contributed by atoms with van der Waals surface area (Å²) in [7, 11) is 0. The first kappa shape index (κ1) is 16.1. The summed E-state index contributed by atoms with van der Waals surface area (Å²) in [6.07, 6.45) is -5.64. The summed E-state index contributed by atoms with van der Waals surface area (Å²) in [6.45, 7) is 0.239. The van der Waals surface area contributed by atoms with Gasteiger partial charge in [-0.05, 0) is 19.3 Å². The molecule has 0 spiro atoms. The van der Waals surface area contributed by atoms with Crippen molar-refractivity contribution in [1.82, 2.24) is 5.43 Å². The van der Waals surface area contributed by atoms with Crippen LogP contribution in [-0.4, -0.2) is 43.2 Å². The van der Waals surface area contributed by atoms with E-state index >= 15 is 0 Å². The maximum absolute atomic E-state index is 12.3. The van der Waals surface area contributed by atoms with Crippen LogP contribution in [0.2, 0.25) is 0 Å². The highest BCUT2D eigenvalue weighted by Gasteiger charge is 2.56. The molecular formula is C11H15F3N2O5. The van der Waals surface area contributed by atoms with Gasteiger partial charge in [0.25, 0.3) is 0 Å². The van der Waals surface area contributed by atoms with Crippen molar-refractivity contribution in [2.45, 2.75) is 37.5 Å². The molecule has 1 heterocycles. The molecule has 2 aliphatic rings. The van der Waals surface area contributed by atoms with Gasteiger partial charge < -0.3 is 9.47 Å². The van der Waals surface area contributed by atoms with Crippen molar-refractivity contribution in [3.63, 3.8) is 0 Å². The van der Waals surface area contributed by atoms with Crippen LogP contribution in [0.3, 0.4) is 0 Å². The lowest BCUT2D eigenvalue weighted by molar-refractivity contribution is -0.354. The smallest absolute Gasteiger partial charge is 0.336 e. The fourth-order valence-corrected chi connectivity index (χ4v) is 2.35. The molecule has 0 unspecified atom stereocenters. The second-order valence-corrected chi connectivity index (χ2v) is 4.86. The number of amides is 1. The van der Waals surface area contributed by atoms with Gasteiger partial charge >= 0.3 is 18.1 Å². The van der Waals surface area contributed by atoms with E-state index < -0.39 is 35.9 Å². The fourth-order valence-electron chi connectivity index (χ4n) is 2.35. The monoisotopic (exact) mass is 312 g/mol. The third kappa shape index (κ3) is 3.34. The summed E-state index contributed by atoms with van der Waals surface area (Å²) in [6, 6.07) is 0. The number of nitrogens with two attached hydrogens (primary N) is 1. The van der Waals surface area contributed by atoms with Crippen LogP contribution in [0.4, 0.5) is 13.2 Å². The average molecular weight is 312 g/mol. The molecule has 0 atom stereocenters. The van der Waals surface area contributed by atoms with Gasteiger partial charge in [0.05, 0.1) is 19.3 Å². The van der Waals surface area contributed by atoms with Gasteiger partial charge in [0.1, 0.15) is 0 Å². The first-order chi connectivity index (χ1) is 9.78. The second-order valence-electron chi connectivity index (χ2n) is 4.86. The Labute approximate surface area is 117 Å². The third-order valence-corrected chi connectivity index (χ3v) is 3.42. The average Bonchev–Trinajstić information content (AvgIpc) is 2.40. The van der Waals surface area contributed by atoms with E-state index in [1.165, 1.54) is 0 Å². The number of nitrogens with one attached hydrogen (secondary N) is 1. The van der Waals surface area contributed by atoms with E-state index in [2.05, 4.69) is 4.74 Å². The lowest BCUT2D eigenvalue weighted by atomic mass is 9.76. The van der Waals surface area contributed by atoms with Crippen LogP contribution in [0, 0.1) is 5.92 Å². The highest BCUT2D eigenvalue weighted by Crippen LogP contribution is 2.39. The molecule has 3 N–H and O–H groups in total. The number of halogens is 3. The van der Waals surface area contributed by atoms with Gasteiger partial charge in [-0.3, -0.25) is 19.8 Å². The SMILES string of the molecule is NNC(=O)C1(C(=O)[C@H]2C[C@@H](OC(F)(F)F)C2)OCCCO1. The lowest BCUT2D eigenvalue weighted by Gasteiger charge is -2.40. The minimum Gasteiger partial charge on any atom is -0.336 e. The Kier molecular flexibility index (Phi) is 4.51. The molecule has 1 aliphatic heterocycles. The molecule has 7 nitrogen and oxygen atoms in total. The predicted octanol–water partition coefficient (Wildman–Crippen LogP) is -0.00640. The van der Waals surface area contributed by atoms with Crippen molar-refractivity contribution in [3.05, 3.63) is 0 Å². The predicted molar refractivity (Wildman–Crippen MR) is 60.2 cm³/mol. The molecule has 1 aliphatic carbocycles. The van der Waals surface area contributed by atoms with Gasteiger partial charge in [-0.25, -0.2) is 5.84 Å². The Hall–Kier alpha value is -1.23. The Bertz CT molecular complexity index is 417. The Balaban J connectivity index is 2.00. The van der Waals surface area contributed by atoms with Crippen LogP contribution >= 0.6 is 0 Å².